The van der Waals surface area contributed by atoms with Crippen molar-refractivity contribution in [2.45, 2.75) is 20.8 Å². The minimum atomic E-state index is 0.551. The summed E-state index contributed by atoms with van der Waals surface area (Å²) in [5.74, 6) is 2.51. The van der Waals surface area contributed by atoms with Gasteiger partial charge in [-0.15, -0.1) is 0 Å². The van der Waals surface area contributed by atoms with E-state index in [1.54, 1.807) is 30.6 Å². The van der Waals surface area contributed by atoms with Crippen molar-refractivity contribution in [2.75, 3.05) is 12.8 Å². The van der Waals surface area contributed by atoms with E-state index in [2.05, 4.69) is 36.8 Å². The fourth-order valence-corrected chi connectivity index (χ4v) is 3.21. The van der Waals surface area contributed by atoms with Crippen molar-refractivity contribution in [3.05, 3.63) is 11.0 Å². The molecule has 2 nitrogen and oxygen atoms in total. The molecule has 0 aromatic heterocycles. The highest BCUT2D eigenvalue weighted by atomic mass is 32.2. The van der Waals surface area contributed by atoms with Crippen molar-refractivity contribution < 1.29 is 0 Å². The second-order valence-electron chi connectivity index (χ2n) is 3.23. The summed E-state index contributed by atoms with van der Waals surface area (Å²) in [5, 5.41) is 0. The molecule has 1 heterocycles. The Hall–Kier alpha value is -0.220. The van der Waals surface area contributed by atoms with Gasteiger partial charge in [-0.25, -0.2) is 4.99 Å². The zero-order valence-corrected chi connectivity index (χ0v) is 10.7. The number of aliphatic imine (C=N–C) groups is 2. The summed E-state index contributed by atoms with van der Waals surface area (Å²) in [6, 6.07) is 0. The molecule has 0 saturated heterocycles. The zero-order chi connectivity index (χ0) is 10.6. The molecular formula is C10H16N2S2. The van der Waals surface area contributed by atoms with Crippen LogP contribution in [0.2, 0.25) is 0 Å². The first-order chi connectivity index (χ1) is 6.67. The van der Waals surface area contributed by atoms with Crippen molar-refractivity contribution in [1.29, 1.82) is 0 Å². The molecule has 1 aliphatic rings. The summed E-state index contributed by atoms with van der Waals surface area (Å²) in [7, 11) is 1.80. The zero-order valence-electron chi connectivity index (χ0n) is 9.07. The van der Waals surface area contributed by atoms with Gasteiger partial charge in [0, 0.05) is 7.05 Å². The molecule has 1 aliphatic heterocycles. The normalized spacial score (nSPS) is 22.5. The smallest absolute Gasteiger partial charge is 0.162 e. The number of amidine groups is 1. The lowest BCUT2D eigenvalue weighted by atomic mass is 10.2. The van der Waals surface area contributed by atoms with Crippen LogP contribution in [0.4, 0.5) is 0 Å². The molecule has 0 spiro atoms. The van der Waals surface area contributed by atoms with Gasteiger partial charge in [0.05, 0.1) is 4.91 Å². The molecule has 0 saturated carbocycles. The van der Waals surface area contributed by atoms with Crippen LogP contribution in [0.1, 0.15) is 20.8 Å². The van der Waals surface area contributed by atoms with Gasteiger partial charge in [-0.05, 0) is 11.7 Å². The fourth-order valence-electron chi connectivity index (χ4n) is 1.06. The lowest BCUT2D eigenvalue weighted by Crippen LogP contribution is -1.92. The Kier molecular flexibility index (Phi) is 4.75. The highest BCUT2D eigenvalue weighted by Gasteiger charge is 2.19. The van der Waals surface area contributed by atoms with Crippen molar-refractivity contribution >= 4 is 33.7 Å². The van der Waals surface area contributed by atoms with Gasteiger partial charge < -0.3 is 0 Å². The molecule has 0 bridgehead atoms. The van der Waals surface area contributed by atoms with E-state index >= 15 is 0 Å². The van der Waals surface area contributed by atoms with Crippen LogP contribution in [0, 0.1) is 5.92 Å². The van der Waals surface area contributed by atoms with Gasteiger partial charge in [0.25, 0.3) is 0 Å². The fraction of sp³-hybridized carbons (Fsp3) is 0.600. The molecule has 0 fully saturated rings. The van der Waals surface area contributed by atoms with Crippen LogP contribution in [-0.4, -0.2) is 23.0 Å². The number of rotatable bonds is 2. The number of allylic oxidation sites excluding steroid dienone is 1. The van der Waals surface area contributed by atoms with E-state index in [4.69, 9.17) is 0 Å². The van der Waals surface area contributed by atoms with Gasteiger partial charge in [0.2, 0.25) is 0 Å². The molecule has 0 aromatic carbocycles. The van der Waals surface area contributed by atoms with E-state index in [0.717, 1.165) is 16.0 Å². The summed E-state index contributed by atoms with van der Waals surface area (Å²) in [6.45, 7) is 6.48. The maximum atomic E-state index is 4.46. The topological polar surface area (TPSA) is 24.7 Å². The van der Waals surface area contributed by atoms with E-state index in [1.807, 2.05) is 0 Å². The van der Waals surface area contributed by atoms with Crippen LogP contribution in [0.5, 0.6) is 0 Å². The third-order valence-corrected chi connectivity index (χ3v) is 3.61. The Labute approximate surface area is 94.4 Å². The summed E-state index contributed by atoms with van der Waals surface area (Å²) in [6.07, 6.45) is 2.22. The maximum Gasteiger partial charge on any atom is 0.162 e. The van der Waals surface area contributed by atoms with Crippen molar-refractivity contribution in [2.24, 2.45) is 15.9 Å². The molecular weight excluding hydrogens is 212 g/mol. The first-order valence-electron chi connectivity index (χ1n) is 4.75. The lowest BCUT2D eigenvalue weighted by molar-refractivity contribution is 0.831. The maximum absolute atomic E-state index is 4.46. The average molecular weight is 228 g/mol. The van der Waals surface area contributed by atoms with E-state index in [9.17, 15) is 0 Å². The minimum absolute atomic E-state index is 0.551. The third-order valence-electron chi connectivity index (χ3n) is 1.58. The Bertz CT molecular complexity index is 290. The summed E-state index contributed by atoms with van der Waals surface area (Å²) < 4.78 is 1.13. The summed E-state index contributed by atoms with van der Waals surface area (Å²) in [5.41, 5.74) is 0. The highest BCUT2D eigenvalue weighted by molar-refractivity contribution is 8.41. The second kappa shape index (κ2) is 5.61. The summed E-state index contributed by atoms with van der Waals surface area (Å²) >= 11 is 3.52. The molecule has 0 unspecified atom stereocenters. The van der Waals surface area contributed by atoms with Crippen LogP contribution in [0.3, 0.4) is 0 Å². The molecule has 0 aliphatic carbocycles. The van der Waals surface area contributed by atoms with Gasteiger partial charge in [-0.3, -0.25) is 4.99 Å². The van der Waals surface area contributed by atoms with Crippen LogP contribution >= 0.6 is 23.5 Å². The van der Waals surface area contributed by atoms with Crippen molar-refractivity contribution in [3.8, 4) is 0 Å². The SMILES string of the molecule is CCSC1=NC(=NC)/C(=C/C(C)C)S1. The average Bonchev–Trinajstić information content (AvgIpc) is 2.47. The molecule has 78 valence electrons. The van der Waals surface area contributed by atoms with E-state index < -0.39 is 0 Å². The highest BCUT2D eigenvalue weighted by Crippen LogP contribution is 2.33. The molecule has 0 amide bonds. The predicted molar refractivity (Wildman–Crippen MR) is 69.4 cm³/mol. The van der Waals surface area contributed by atoms with Gasteiger partial charge in [0.1, 0.15) is 4.38 Å². The standard InChI is InChI=1S/C10H16N2S2/c1-5-13-10-12-9(11-4)8(14-10)6-7(2)3/h6-7H,5H2,1-4H3/b8-6-,11-9?. The minimum Gasteiger partial charge on any atom is -0.269 e. The van der Waals surface area contributed by atoms with Crippen molar-refractivity contribution in [1.82, 2.24) is 0 Å². The van der Waals surface area contributed by atoms with Crippen molar-refractivity contribution in [3.63, 3.8) is 0 Å². The first-order valence-corrected chi connectivity index (χ1v) is 6.55. The molecule has 0 atom stereocenters. The van der Waals surface area contributed by atoms with Gasteiger partial charge in [0.15, 0.2) is 5.84 Å². The van der Waals surface area contributed by atoms with Crippen LogP contribution in [0.15, 0.2) is 21.0 Å². The van der Waals surface area contributed by atoms with E-state index in [0.29, 0.717) is 5.92 Å². The second-order valence-corrected chi connectivity index (χ2v) is 5.78. The van der Waals surface area contributed by atoms with Gasteiger partial charge in [-0.2, -0.15) is 0 Å². The summed E-state index contributed by atoms with van der Waals surface area (Å²) in [4.78, 5) is 9.84. The number of thioether (sulfide) groups is 2. The van der Waals surface area contributed by atoms with Crippen LogP contribution in [0.25, 0.3) is 0 Å². The molecule has 0 aromatic rings. The largest absolute Gasteiger partial charge is 0.269 e. The van der Waals surface area contributed by atoms with Crippen LogP contribution in [-0.2, 0) is 0 Å². The van der Waals surface area contributed by atoms with Gasteiger partial charge >= 0.3 is 0 Å². The predicted octanol–water partition coefficient (Wildman–Crippen LogP) is 3.41. The number of nitrogens with zero attached hydrogens (tertiary/aromatic N) is 2. The first kappa shape index (κ1) is 11.9. The Morgan fingerprint density at radius 1 is 1.57 bits per heavy atom. The van der Waals surface area contributed by atoms with E-state index in [1.165, 1.54) is 4.91 Å². The Morgan fingerprint density at radius 2 is 2.29 bits per heavy atom. The Balaban J connectivity index is 2.77. The molecule has 4 heteroatoms. The molecule has 1 rings (SSSR count). The monoisotopic (exact) mass is 228 g/mol. The molecule has 0 radical (unpaired) electrons. The van der Waals surface area contributed by atoms with E-state index in [-0.39, 0.29) is 0 Å². The van der Waals surface area contributed by atoms with Crippen LogP contribution < -0.4 is 0 Å². The quantitative estimate of drug-likeness (QED) is 0.723. The Morgan fingerprint density at radius 3 is 2.79 bits per heavy atom. The third kappa shape index (κ3) is 3.17. The lowest BCUT2D eigenvalue weighted by Gasteiger charge is -1.99. The number of hydrogen-bond donors (Lipinski definition) is 0. The number of hydrogen-bond acceptors (Lipinski definition) is 3. The molecule has 14 heavy (non-hydrogen) atoms. The van der Waals surface area contributed by atoms with Gasteiger partial charge in [-0.1, -0.05) is 50.4 Å². The molecule has 0 N–H and O–H groups in total.